The summed E-state index contributed by atoms with van der Waals surface area (Å²) in [6.07, 6.45) is 2.53. The van der Waals surface area contributed by atoms with Gasteiger partial charge in [0.15, 0.2) is 12.4 Å². The molecule has 2 heterocycles. The molecular weight excluding hydrogens is 478 g/mol. The van der Waals surface area contributed by atoms with E-state index in [1.807, 2.05) is 20.8 Å². The number of sulfonamides is 1. The predicted octanol–water partition coefficient (Wildman–Crippen LogP) is 3.87. The number of carbonyl (C=O) groups excluding carboxylic acids is 2. The van der Waals surface area contributed by atoms with Crippen molar-refractivity contribution >= 4 is 39.1 Å². The maximum absolute atomic E-state index is 13.2. The number of anilines is 1. The minimum absolute atomic E-state index is 0.0158. The van der Waals surface area contributed by atoms with Gasteiger partial charge in [-0.05, 0) is 41.3 Å². The van der Waals surface area contributed by atoms with Gasteiger partial charge in [-0.1, -0.05) is 44.5 Å². The molecule has 34 heavy (non-hydrogen) atoms. The molecule has 3 aromatic rings. The zero-order chi connectivity index (χ0) is 24.8. The first-order valence-corrected chi connectivity index (χ1v) is 12.2. The van der Waals surface area contributed by atoms with Crippen LogP contribution in [0.5, 0.6) is 0 Å². The standard InChI is InChI=1S/C24H22ClN3O5S/c1-24(2,3)16-6-8-17(9-7-16)34(32,33)26-19-11-10-18(25)20-21(19)23(30)28(22(20)29)14-15-5-4-12-27(31)13-15/h4-13,26H,14H2,1-3H3. The minimum Gasteiger partial charge on any atom is -0.619 e. The second kappa shape index (κ2) is 8.41. The third-order valence-electron chi connectivity index (χ3n) is 5.52. The molecule has 2 amide bonds. The summed E-state index contributed by atoms with van der Waals surface area (Å²) in [4.78, 5) is 27.1. The van der Waals surface area contributed by atoms with Gasteiger partial charge < -0.3 is 5.21 Å². The molecule has 0 saturated heterocycles. The van der Waals surface area contributed by atoms with Crippen LogP contribution >= 0.6 is 11.6 Å². The summed E-state index contributed by atoms with van der Waals surface area (Å²) in [6, 6.07) is 12.3. The Labute approximate surface area is 202 Å². The monoisotopic (exact) mass is 499 g/mol. The smallest absolute Gasteiger partial charge is 0.264 e. The molecule has 0 aliphatic carbocycles. The van der Waals surface area contributed by atoms with Crippen molar-refractivity contribution in [2.24, 2.45) is 0 Å². The highest BCUT2D eigenvalue weighted by Gasteiger charge is 2.40. The number of hydrogen-bond donors (Lipinski definition) is 1. The van der Waals surface area contributed by atoms with Crippen LogP contribution in [0.4, 0.5) is 5.69 Å². The van der Waals surface area contributed by atoms with Gasteiger partial charge in [0.25, 0.3) is 21.8 Å². The molecule has 0 saturated carbocycles. The van der Waals surface area contributed by atoms with E-state index in [0.717, 1.165) is 10.5 Å². The van der Waals surface area contributed by atoms with E-state index >= 15 is 0 Å². The van der Waals surface area contributed by atoms with Crippen LogP contribution in [0.1, 0.15) is 52.6 Å². The second-order valence-corrected chi connectivity index (χ2v) is 11.1. The van der Waals surface area contributed by atoms with Crippen LogP contribution in [0.3, 0.4) is 0 Å². The molecule has 1 aromatic heterocycles. The van der Waals surface area contributed by atoms with Gasteiger partial charge in [-0.15, -0.1) is 0 Å². The number of halogens is 1. The Hall–Kier alpha value is -3.43. The number of fused-ring (bicyclic) bond motifs is 1. The average Bonchev–Trinajstić information content (AvgIpc) is 3.01. The summed E-state index contributed by atoms with van der Waals surface area (Å²) < 4.78 is 29.1. The van der Waals surface area contributed by atoms with Gasteiger partial charge >= 0.3 is 0 Å². The van der Waals surface area contributed by atoms with Crippen molar-refractivity contribution in [3.8, 4) is 0 Å². The molecule has 4 rings (SSSR count). The molecule has 2 aromatic carbocycles. The first-order valence-electron chi connectivity index (χ1n) is 10.4. The predicted molar refractivity (Wildman–Crippen MR) is 127 cm³/mol. The number of nitrogens with zero attached hydrogens (tertiary/aromatic N) is 2. The van der Waals surface area contributed by atoms with Crippen LogP contribution in [-0.2, 0) is 22.0 Å². The normalized spacial score (nSPS) is 13.8. The van der Waals surface area contributed by atoms with Crippen molar-refractivity contribution in [1.29, 1.82) is 0 Å². The van der Waals surface area contributed by atoms with Gasteiger partial charge in [0.1, 0.15) is 0 Å². The van der Waals surface area contributed by atoms with E-state index in [1.165, 1.54) is 42.7 Å². The molecule has 1 N–H and O–H groups in total. The van der Waals surface area contributed by atoms with E-state index < -0.39 is 21.8 Å². The number of nitrogens with one attached hydrogen (secondary N) is 1. The molecule has 0 fully saturated rings. The van der Waals surface area contributed by atoms with Crippen molar-refractivity contribution in [3.63, 3.8) is 0 Å². The van der Waals surface area contributed by atoms with Crippen molar-refractivity contribution in [2.75, 3.05) is 4.72 Å². The number of aromatic nitrogens is 1. The third-order valence-corrected chi connectivity index (χ3v) is 7.22. The van der Waals surface area contributed by atoms with Crippen LogP contribution in [-0.4, -0.2) is 25.1 Å². The lowest BCUT2D eigenvalue weighted by Crippen LogP contribution is -2.31. The van der Waals surface area contributed by atoms with Crippen molar-refractivity contribution in [1.82, 2.24) is 4.90 Å². The molecule has 176 valence electrons. The SMILES string of the molecule is CC(C)(C)c1ccc(S(=O)(=O)Nc2ccc(Cl)c3c2C(=O)N(Cc2ccc[n+]([O-])c2)C3=O)cc1. The lowest BCUT2D eigenvalue weighted by Gasteiger charge is -2.19. The second-order valence-electron chi connectivity index (χ2n) is 8.99. The molecular formula is C24H22ClN3O5S. The van der Waals surface area contributed by atoms with Crippen LogP contribution in [0, 0.1) is 5.21 Å². The Morgan fingerprint density at radius 1 is 1.00 bits per heavy atom. The molecule has 1 aliphatic heterocycles. The van der Waals surface area contributed by atoms with Gasteiger partial charge in [0.05, 0.1) is 33.3 Å². The molecule has 0 radical (unpaired) electrons. The summed E-state index contributed by atoms with van der Waals surface area (Å²) in [6.45, 7) is 5.90. The zero-order valence-electron chi connectivity index (χ0n) is 18.7. The Kier molecular flexibility index (Phi) is 5.87. The van der Waals surface area contributed by atoms with E-state index in [0.29, 0.717) is 10.3 Å². The lowest BCUT2D eigenvalue weighted by atomic mass is 9.87. The summed E-state index contributed by atoms with van der Waals surface area (Å²) in [7, 11) is -4.05. The van der Waals surface area contributed by atoms with Gasteiger partial charge in [0.2, 0.25) is 0 Å². The minimum atomic E-state index is -4.05. The molecule has 0 atom stereocenters. The highest BCUT2D eigenvalue weighted by molar-refractivity contribution is 7.92. The van der Waals surface area contributed by atoms with Crippen LogP contribution in [0.2, 0.25) is 5.02 Å². The summed E-state index contributed by atoms with van der Waals surface area (Å²) in [5.74, 6) is -1.37. The number of benzene rings is 2. The first kappa shape index (κ1) is 23.7. The van der Waals surface area contributed by atoms with Crippen molar-refractivity contribution in [2.45, 2.75) is 37.6 Å². The highest BCUT2D eigenvalue weighted by atomic mass is 35.5. The number of imide groups is 1. The van der Waals surface area contributed by atoms with E-state index in [9.17, 15) is 23.2 Å². The third kappa shape index (κ3) is 4.36. The van der Waals surface area contributed by atoms with Crippen LogP contribution < -0.4 is 9.45 Å². The number of rotatable bonds is 5. The number of pyridine rings is 1. The number of amides is 2. The Bertz CT molecular complexity index is 1410. The number of carbonyl (C=O) groups is 2. The van der Waals surface area contributed by atoms with E-state index in [4.69, 9.17) is 11.6 Å². The first-order chi connectivity index (χ1) is 15.9. The van der Waals surface area contributed by atoms with E-state index in [2.05, 4.69) is 4.72 Å². The summed E-state index contributed by atoms with van der Waals surface area (Å²) in [5, 5.41) is 11.6. The highest BCUT2D eigenvalue weighted by Crippen LogP contribution is 2.36. The largest absolute Gasteiger partial charge is 0.619 e. The Balaban J connectivity index is 1.68. The fraction of sp³-hybridized carbons (Fsp3) is 0.208. The lowest BCUT2D eigenvalue weighted by molar-refractivity contribution is -0.605. The van der Waals surface area contributed by atoms with Crippen LogP contribution in [0.25, 0.3) is 0 Å². The number of hydrogen-bond acceptors (Lipinski definition) is 5. The van der Waals surface area contributed by atoms with Gasteiger partial charge in [-0.2, -0.15) is 4.73 Å². The summed E-state index contributed by atoms with van der Waals surface area (Å²) >= 11 is 6.21. The van der Waals surface area contributed by atoms with E-state index in [-0.39, 0.29) is 38.7 Å². The maximum atomic E-state index is 13.2. The fourth-order valence-corrected chi connectivity index (χ4v) is 5.02. The van der Waals surface area contributed by atoms with Gasteiger partial charge in [0, 0.05) is 11.6 Å². The molecule has 0 unspecified atom stereocenters. The molecule has 8 nitrogen and oxygen atoms in total. The average molecular weight is 500 g/mol. The molecule has 0 bridgehead atoms. The molecule has 0 spiro atoms. The van der Waals surface area contributed by atoms with Crippen molar-refractivity contribution in [3.05, 3.63) is 93.4 Å². The maximum Gasteiger partial charge on any atom is 0.264 e. The zero-order valence-corrected chi connectivity index (χ0v) is 20.3. The Morgan fingerprint density at radius 2 is 1.65 bits per heavy atom. The molecule has 1 aliphatic rings. The van der Waals surface area contributed by atoms with E-state index in [1.54, 1.807) is 18.2 Å². The van der Waals surface area contributed by atoms with Crippen molar-refractivity contribution < 1.29 is 22.7 Å². The summed E-state index contributed by atoms with van der Waals surface area (Å²) in [5.41, 5.74) is 0.999. The molecule has 10 heteroatoms. The van der Waals surface area contributed by atoms with Gasteiger partial charge in [-0.3, -0.25) is 19.2 Å². The van der Waals surface area contributed by atoms with Gasteiger partial charge in [-0.25, -0.2) is 8.42 Å². The quantitative estimate of drug-likeness (QED) is 0.325. The van der Waals surface area contributed by atoms with Crippen LogP contribution in [0.15, 0.2) is 65.8 Å². The topological polar surface area (TPSA) is 110 Å². The Morgan fingerprint density at radius 3 is 2.26 bits per heavy atom. The fourth-order valence-electron chi connectivity index (χ4n) is 3.71.